The number of aromatic amines is 1. The van der Waals surface area contributed by atoms with Crippen molar-refractivity contribution in [2.75, 3.05) is 0 Å². The summed E-state index contributed by atoms with van der Waals surface area (Å²) in [4.78, 5) is 7.60. The second-order valence-electron chi connectivity index (χ2n) is 6.73. The fourth-order valence-corrected chi connectivity index (χ4v) is 5.19. The third kappa shape index (κ3) is 1.46. The van der Waals surface area contributed by atoms with E-state index >= 15 is 0 Å². The average molecular weight is 252 g/mol. The summed E-state index contributed by atoms with van der Waals surface area (Å²) in [6, 6.07) is 4.09. The number of hydrogen-bond acceptors (Lipinski definition) is 3. The lowest BCUT2D eigenvalue weighted by atomic mass is 9.49. The van der Waals surface area contributed by atoms with Gasteiger partial charge in [-0.3, -0.25) is 0 Å². The molecular weight excluding hydrogens is 236 g/mol. The van der Waals surface area contributed by atoms with Crippen molar-refractivity contribution in [2.45, 2.75) is 43.9 Å². The lowest BCUT2D eigenvalue weighted by Crippen LogP contribution is -2.49. The van der Waals surface area contributed by atoms with Crippen LogP contribution in [0.1, 0.15) is 55.7 Å². The minimum atomic E-state index is 0.134. The summed E-state index contributed by atoms with van der Waals surface area (Å²) in [5.41, 5.74) is 0.747. The van der Waals surface area contributed by atoms with E-state index in [0.29, 0.717) is 5.69 Å². The maximum atomic E-state index is 9.07. The molecule has 4 fully saturated rings. The van der Waals surface area contributed by atoms with Gasteiger partial charge in [0, 0.05) is 5.41 Å². The van der Waals surface area contributed by atoms with E-state index in [4.69, 9.17) is 10.5 Å². The monoisotopic (exact) mass is 252 g/mol. The van der Waals surface area contributed by atoms with Crippen LogP contribution in [-0.4, -0.2) is 9.97 Å². The Kier molecular flexibility index (Phi) is 2.10. The number of hydrogen-bond donors (Lipinski definition) is 1. The lowest BCUT2D eigenvalue weighted by Gasteiger charge is -2.55. The molecule has 0 radical (unpaired) electrons. The van der Waals surface area contributed by atoms with Crippen molar-refractivity contribution in [3.05, 3.63) is 17.2 Å². The third-order valence-electron chi connectivity index (χ3n) is 5.46. The van der Waals surface area contributed by atoms with E-state index in [1.807, 2.05) is 6.07 Å². The number of rotatable bonds is 1. The highest BCUT2D eigenvalue weighted by Gasteiger charge is 2.53. The predicted octanol–water partition coefficient (Wildman–Crippen LogP) is 2.62. The molecule has 5 rings (SSSR count). The van der Waals surface area contributed by atoms with Gasteiger partial charge >= 0.3 is 0 Å². The van der Waals surface area contributed by atoms with E-state index in [1.165, 1.54) is 38.5 Å². The van der Waals surface area contributed by atoms with Crippen LogP contribution in [0.2, 0.25) is 0 Å². The van der Waals surface area contributed by atoms with Gasteiger partial charge in [-0.2, -0.15) is 10.5 Å². The molecule has 4 nitrogen and oxygen atoms in total. The molecule has 0 atom stereocenters. The molecule has 1 heterocycles. The van der Waals surface area contributed by atoms with Gasteiger partial charge in [0.2, 0.25) is 0 Å². The second kappa shape index (κ2) is 3.61. The van der Waals surface area contributed by atoms with Crippen molar-refractivity contribution in [1.29, 1.82) is 10.5 Å². The van der Waals surface area contributed by atoms with Crippen LogP contribution in [0.3, 0.4) is 0 Å². The van der Waals surface area contributed by atoms with Crippen LogP contribution in [0, 0.1) is 40.4 Å². The summed E-state index contributed by atoms with van der Waals surface area (Å²) < 4.78 is 0. The van der Waals surface area contributed by atoms with Crippen LogP contribution in [0.5, 0.6) is 0 Å². The number of nitrogens with one attached hydrogen (secondary N) is 1. The molecule has 0 saturated heterocycles. The Bertz CT molecular complexity index is 546. The summed E-state index contributed by atoms with van der Waals surface area (Å²) in [5.74, 6) is 3.44. The van der Waals surface area contributed by atoms with E-state index in [1.54, 1.807) is 0 Å². The molecule has 4 aliphatic rings. The molecule has 1 aromatic heterocycles. The Morgan fingerprint density at radius 3 is 2.00 bits per heavy atom. The first-order chi connectivity index (χ1) is 9.22. The zero-order chi connectivity index (χ0) is 13.0. The Morgan fingerprint density at radius 1 is 1.00 bits per heavy atom. The number of aromatic nitrogens is 2. The third-order valence-corrected chi connectivity index (χ3v) is 5.46. The van der Waals surface area contributed by atoms with E-state index in [9.17, 15) is 0 Å². The van der Waals surface area contributed by atoms with Crippen molar-refractivity contribution in [2.24, 2.45) is 17.8 Å². The lowest BCUT2D eigenvalue weighted by molar-refractivity contribution is -0.00903. The van der Waals surface area contributed by atoms with Gasteiger partial charge in [0.25, 0.3) is 0 Å². The first-order valence-corrected chi connectivity index (χ1v) is 7.13. The van der Waals surface area contributed by atoms with Crippen LogP contribution in [-0.2, 0) is 5.41 Å². The highest BCUT2D eigenvalue weighted by Crippen LogP contribution is 2.60. The molecule has 1 N–H and O–H groups in total. The van der Waals surface area contributed by atoms with Crippen LogP contribution >= 0.6 is 0 Å². The maximum Gasteiger partial charge on any atom is 0.176 e. The van der Waals surface area contributed by atoms with Crippen LogP contribution < -0.4 is 0 Å². The highest BCUT2D eigenvalue weighted by atomic mass is 15.0. The summed E-state index contributed by atoms with van der Waals surface area (Å²) in [5, 5.41) is 18.1. The molecule has 1 aromatic rings. The summed E-state index contributed by atoms with van der Waals surface area (Å²) >= 11 is 0. The number of nitriles is 2. The molecule has 4 aliphatic carbocycles. The molecule has 4 heteroatoms. The number of H-pyrrole nitrogens is 1. The SMILES string of the molecule is N#Cc1nc(C23CC4CC(CC(C4)C2)C3)[nH]c1C#N. The van der Waals surface area contributed by atoms with E-state index in [2.05, 4.69) is 16.0 Å². The molecule has 4 saturated carbocycles. The van der Waals surface area contributed by atoms with Gasteiger partial charge in [-0.25, -0.2) is 4.98 Å². The quantitative estimate of drug-likeness (QED) is 0.834. The zero-order valence-electron chi connectivity index (χ0n) is 10.8. The first-order valence-electron chi connectivity index (χ1n) is 7.13. The van der Waals surface area contributed by atoms with Gasteiger partial charge in [-0.05, 0) is 56.3 Å². The second-order valence-corrected chi connectivity index (χ2v) is 6.73. The summed E-state index contributed by atoms with van der Waals surface area (Å²) in [6.45, 7) is 0. The molecule has 0 amide bonds. The van der Waals surface area contributed by atoms with Crippen LogP contribution in [0.15, 0.2) is 0 Å². The maximum absolute atomic E-state index is 9.07. The van der Waals surface area contributed by atoms with Gasteiger partial charge in [0.1, 0.15) is 18.0 Å². The van der Waals surface area contributed by atoms with Crippen molar-refractivity contribution in [1.82, 2.24) is 9.97 Å². The van der Waals surface area contributed by atoms with Gasteiger partial charge in [-0.15, -0.1) is 0 Å². The Morgan fingerprint density at radius 2 is 1.58 bits per heavy atom. The molecule has 4 bridgehead atoms. The molecular formula is C15H16N4. The molecule has 0 spiro atoms. The summed E-state index contributed by atoms with van der Waals surface area (Å²) in [6.07, 6.45) is 7.75. The Hall–Kier alpha value is -1.81. The van der Waals surface area contributed by atoms with E-state index < -0.39 is 0 Å². The molecule has 0 aliphatic heterocycles. The fraction of sp³-hybridized carbons (Fsp3) is 0.667. The van der Waals surface area contributed by atoms with Gasteiger partial charge in [0.05, 0.1) is 0 Å². The van der Waals surface area contributed by atoms with Crippen LogP contribution in [0.25, 0.3) is 0 Å². The Labute approximate surface area is 112 Å². The molecule has 0 aromatic carbocycles. The minimum absolute atomic E-state index is 0.134. The molecule has 19 heavy (non-hydrogen) atoms. The number of nitrogens with zero attached hydrogens (tertiary/aromatic N) is 3. The Balaban J connectivity index is 1.78. The van der Waals surface area contributed by atoms with Crippen LogP contribution in [0.4, 0.5) is 0 Å². The fourth-order valence-electron chi connectivity index (χ4n) is 5.19. The van der Waals surface area contributed by atoms with Crippen molar-refractivity contribution >= 4 is 0 Å². The predicted molar refractivity (Wildman–Crippen MR) is 67.9 cm³/mol. The van der Waals surface area contributed by atoms with E-state index in [-0.39, 0.29) is 11.1 Å². The normalized spacial score (nSPS) is 38.9. The van der Waals surface area contributed by atoms with Crippen molar-refractivity contribution in [3.8, 4) is 12.1 Å². The molecule has 96 valence electrons. The minimum Gasteiger partial charge on any atom is -0.332 e. The smallest absolute Gasteiger partial charge is 0.176 e. The zero-order valence-corrected chi connectivity index (χ0v) is 10.8. The van der Waals surface area contributed by atoms with Crippen molar-refractivity contribution < 1.29 is 0 Å². The standard InChI is InChI=1S/C15H16N4/c16-7-12-13(8-17)19-14(18-12)15-4-9-1-10(5-15)3-11(2-9)6-15/h9-11H,1-6H2,(H,18,19). The number of imidazole rings is 1. The average Bonchev–Trinajstić information content (AvgIpc) is 2.81. The van der Waals surface area contributed by atoms with Gasteiger partial charge in [-0.1, -0.05) is 0 Å². The van der Waals surface area contributed by atoms with Gasteiger partial charge < -0.3 is 4.98 Å². The highest BCUT2D eigenvalue weighted by molar-refractivity contribution is 5.38. The summed E-state index contributed by atoms with van der Waals surface area (Å²) in [7, 11) is 0. The van der Waals surface area contributed by atoms with E-state index in [0.717, 1.165) is 23.6 Å². The topological polar surface area (TPSA) is 76.3 Å². The van der Waals surface area contributed by atoms with Crippen molar-refractivity contribution in [3.63, 3.8) is 0 Å². The largest absolute Gasteiger partial charge is 0.332 e. The first kappa shape index (κ1) is 11.1. The van der Waals surface area contributed by atoms with Gasteiger partial charge in [0.15, 0.2) is 11.4 Å². The molecule has 0 unspecified atom stereocenters.